The predicted molar refractivity (Wildman–Crippen MR) is 179 cm³/mol. The Morgan fingerprint density at radius 3 is 0.854 bits per heavy atom. The average molecular weight is 582 g/mol. The second-order valence-electron chi connectivity index (χ2n) is 11.5. The van der Waals surface area contributed by atoms with Crippen LogP contribution >= 0.6 is 0 Å². The van der Waals surface area contributed by atoms with Gasteiger partial charge in [-0.25, -0.2) is 0 Å². The van der Waals surface area contributed by atoms with Crippen LogP contribution in [0.15, 0.2) is 24.3 Å². The van der Waals surface area contributed by atoms with Gasteiger partial charge in [0, 0.05) is 12.8 Å². The monoisotopic (exact) mass is 582 g/mol. The maximum atomic E-state index is 10.3. The van der Waals surface area contributed by atoms with E-state index in [1.54, 1.807) is 0 Å². The smallest absolute Gasteiger partial charge is 0.303 e. The average Bonchev–Trinajstić information content (AvgIpc) is 2.93. The predicted octanol–water partition coefficient (Wildman–Crippen LogP) is 12.4. The first-order chi connectivity index (χ1) is 19.5. The van der Waals surface area contributed by atoms with E-state index in [4.69, 9.17) is 10.2 Å². The molecule has 0 aromatic heterocycles. The summed E-state index contributed by atoms with van der Waals surface area (Å²) in [6.07, 6.45) is 42.5. The van der Waals surface area contributed by atoms with Crippen LogP contribution in [0, 0.1) is 0 Å². The number of carboxylic acids is 2. The van der Waals surface area contributed by atoms with Gasteiger partial charge in [0.2, 0.25) is 0 Å². The van der Waals surface area contributed by atoms with Crippen molar-refractivity contribution in [3.8, 4) is 0 Å². The summed E-state index contributed by atoms with van der Waals surface area (Å²) in [7, 11) is 0. The Morgan fingerprint density at radius 1 is 0.390 bits per heavy atom. The summed E-state index contributed by atoms with van der Waals surface area (Å²) < 4.78 is 0. The molecule has 0 unspecified atom stereocenters. The van der Waals surface area contributed by atoms with E-state index in [2.05, 4.69) is 38.2 Å². The van der Waals surface area contributed by atoms with E-state index in [0.717, 1.165) is 25.7 Å². The number of unbranched alkanes of at least 4 members (excludes halogenated alkanes) is 22. The van der Waals surface area contributed by atoms with E-state index < -0.39 is 11.9 Å². The molecule has 0 saturated heterocycles. The maximum Gasteiger partial charge on any atom is 0.303 e. The van der Waals surface area contributed by atoms with Crippen LogP contribution in [0.2, 0.25) is 0 Å². The van der Waals surface area contributed by atoms with Gasteiger partial charge in [0.15, 0.2) is 0 Å². The van der Waals surface area contributed by atoms with Gasteiger partial charge < -0.3 is 16.4 Å². The standard InChI is InChI=1S/2C18H34O2.H3N/c2*1-2-3-4-5-6-7-8-9-10-11-12-13-14-15-16-17-18(19)20;/h2*9-10H,2-8,11-17H2,1H3,(H,19,20);1H3. The van der Waals surface area contributed by atoms with Crippen molar-refractivity contribution in [2.45, 2.75) is 194 Å². The van der Waals surface area contributed by atoms with E-state index >= 15 is 0 Å². The van der Waals surface area contributed by atoms with E-state index in [1.807, 2.05) is 0 Å². The lowest BCUT2D eigenvalue weighted by Gasteiger charge is -1.99. The van der Waals surface area contributed by atoms with E-state index in [9.17, 15) is 9.59 Å². The first-order valence-corrected chi connectivity index (χ1v) is 17.3. The molecule has 0 aliphatic carbocycles. The number of carbonyl (C=O) groups is 2. The lowest BCUT2D eigenvalue weighted by atomic mass is 10.1. The molecule has 5 nitrogen and oxygen atoms in total. The number of rotatable bonds is 30. The fourth-order valence-electron chi connectivity index (χ4n) is 4.69. The zero-order chi connectivity index (χ0) is 29.8. The van der Waals surface area contributed by atoms with Crippen molar-refractivity contribution < 1.29 is 19.8 Å². The van der Waals surface area contributed by atoms with Crippen LogP contribution < -0.4 is 6.15 Å². The van der Waals surface area contributed by atoms with Crippen LogP contribution in [0.3, 0.4) is 0 Å². The van der Waals surface area contributed by atoms with Crippen LogP contribution in [0.25, 0.3) is 0 Å². The minimum Gasteiger partial charge on any atom is -0.481 e. The molecule has 5 heteroatoms. The topological polar surface area (TPSA) is 110 Å². The molecular weight excluding hydrogens is 510 g/mol. The molecule has 244 valence electrons. The van der Waals surface area contributed by atoms with Crippen LogP contribution in [-0.2, 0) is 9.59 Å². The number of allylic oxidation sites excluding steroid dienone is 4. The molecule has 0 rings (SSSR count). The number of aliphatic carboxylic acids is 2. The molecule has 0 spiro atoms. The van der Waals surface area contributed by atoms with E-state index in [0.29, 0.717) is 12.8 Å². The Labute approximate surface area is 255 Å². The summed E-state index contributed by atoms with van der Waals surface area (Å²) >= 11 is 0. The second-order valence-corrected chi connectivity index (χ2v) is 11.5. The van der Waals surface area contributed by atoms with Crippen LogP contribution in [0.4, 0.5) is 0 Å². The Hall–Kier alpha value is -1.62. The SMILES string of the molecule is CCCCCCCCC=CCCCCCCCC(=O)O.CCCCCCCCC=CCCCCCCCC(=O)O.N. The highest BCUT2D eigenvalue weighted by Gasteiger charge is 1.97. The van der Waals surface area contributed by atoms with Crippen molar-refractivity contribution in [3.05, 3.63) is 24.3 Å². The molecule has 0 amide bonds. The van der Waals surface area contributed by atoms with E-state index in [-0.39, 0.29) is 6.15 Å². The minimum atomic E-state index is -0.664. The number of hydrogen-bond acceptors (Lipinski definition) is 3. The van der Waals surface area contributed by atoms with Crippen molar-refractivity contribution in [2.24, 2.45) is 0 Å². The van der Waals surface area contributed by atoms with Gasteiger partial charge in [-0.1, -0.05) is 141 Å². The highest BCUT2D eigenvalue weighted by atomic mass is 16.4. The fourth-order valence-corrected chi connectivity index (χ4v) is 4.69. The Kier molecular flexibility index (Phi) is 43.3. The van der Waals surface area contributed by atoms with Crippen LogP contribution in [0.5, 0.6) is 0 Å². The van der Waals surface area contributed by atoms with Crippen LogP contribution in [-0.4, -0.2) is 22.2 Å². The van der Waals surface area contributed by atoms with Gasteiger partial charge in [0.1, 0.15) is 0 Å². The highest BCUT2D eigenvalue weighted by molar-refractivity contribution is 5.66. The van der Waals surface area contributed by atoms with Gasteiger partial charge in [-0.3, -0.25) is 9.59 Å². The molecule has 5 N–H and O–H groups in total. The number of hydrogen-bond donors (Lipinski definition) is 3. The van der Waals surface area contributed by atoms with Crippen molar-refractivity contribution in [1.82, 2.24) is 6.15 Å². The molecule has 0 saturated carbocycles. The van der Waals surface area contributed by atoms with E-state index in [1.165, 1.54) is 141 Å². The molecule has 0 fully saturated rings. The summed E-state index contributed by atoms with van der Waals surface area (Å²) in [5.41, 5.74) is 0. The van der Waals surface area contributed by atoms with Gasteiger partial charge in [-0.15, -0.1) is 0 Å². The first-order valence-electron chi connectivity index (χ1n) is 17.3. The van der Waals surface area contributed by atoms with Crippen molar-refractivity contribution in [3.63, 3.8) is 0 Å². The summed E-state index contributed by atoms with van der Waals surface area (Å²) in [5.74, 6) is -1.33. The van der Waals surface area contributed by atoms with Gasteiger partial charge >= 0.3 is 11.9 Å². The first kappa shape index (κ1) is 43.8. The van der Waals surface area contributed by atoms with Crippen molar-refractivity contribution in [2.75, 3.05) is 0 Å². The molecule has 0 aliphatic heterocycles. The molecule has 0 heterocycles. The Bertz CT molecular complexity index is 524. The maximum absolute atomic E-state index is 10.3. The zero-order valence-electron chi connectivity index (χ0n) is 27.5. The lowest BCUT2D eigenvalue weighted by Crippen LogP contribution is -1.93. The molecule has 0 atom stereocenters. The summed E-state index contributed by atoms with van der Waals surface area (Å²) in [6.45, 7) is 4.52. The van der Waals surface area contributed by atoms with Gasteiger partial charge in [-0.05, 0) is 64.2 Å². The fraction of sp³-hybridized carbons (Fsp3) is 0.833. The number of carboxylic acid groups (broad SMARTS) is 2. The van der Waals surface area contributed by atoms with Crippen molar-refractivity contribution in [1.29, 1.82) is 0 Å². The highest BCUT2D eigenvalue weighted by Crippen LogP contribution is 2.11. The largest absolute Gasteiger partial charge is 0.481 e. The minimum absolute atomic E-state index is 0. The molecule has 0 aromatic rings. The quantitative estimate of drug-likeness (QED) is 0.0577. The second kappa shape index (κ2) is 40.5. The third-order valence-electron chi connectivity index (χ3n) is 7.30. The van der Waals surface area contributed by atoms with Gasteiger partial charge in [-0.2, -0.15) is 0 Å². The molecule has 0 aliphatic rings. The Balaban J connectivity index is -0.000000688. The third-order valence-corrected chi connectivity index (χ3v) is 7.30. The molecule has 0 bridgehead atoms. The molecule has 0 aromatic carbocycles. The zero-order valence-corrected chi connectivity index (χ0v) is 27.5. The van der Waals surface area contributed by atoms with Gasteiger partial charge in [0.05, 0.1) is 0 Å². The third kappa shape index (κ3) is 48.4. The molecular formula is C36H71NO4. The van der Waals surface area contributed by atoms with Crippen LogP contribution in [0.1, 0.15) is 194 Å². The Morgan fingerprint density at radius 2 is 0.610 bits per heavy atom. The molecule has 41 heavy (non-hydrogen) atoms. The normalized spacial score (nSPS) is 11.0. The lowest BCUT2D eigenvalue weighted by molar-refractivity contribution is -0.138. The summed E-state index contributed by atoms with van der Waals surface area (Å²) in [4.78, 5) is 20.6. The van der Waals surface area contributed by atoms with Gasteiger partial charge in [0.25, 0.3) is 0 Å². The summed E-state index contributed by atoms with van der Waals surface area (Å²) in [5, 5.41) is 17.0. The summed E-state index contributed by atoms with van der Waals surface area (Å²) in [6, 6.07) is 0. The van der Waals surface area contributed by atoms with Crippen molar-refractivity contribution >= 4 is 11.9 Å². The molecule has 0 radical (unpaired) electrons.